The van der Waals surface area contributed by atoms with E-state index in [0.717, 1.165) is 6.42 Å². The van der Waals surface area contributed by atoms with Gasteiger partial charge in [0.05, 0.1) is 0 Å². The van der Waals surface area contributed by atoms with Gasteiger partial charge in [-0.3, -0.25) is 6.08 Å². The fourth-order valence-corrected chi connectivity index (χ4v) is 0.482. The molecule has 0 bridgehead atoms. The zero-order valence-corrected chi connectivity index (χ0v) is 4.65. The van der Waals surface area contributed by atoms with Gasteiger partial charge in [0.1, 0.15) is 0 Å². The molecule has 1 aliphatic rings. The molecule has 1 rings (SSSR count). The van der Waals surface area contributed by atoms with Crippen LogP contribution < -0.4 is 18.9 Å². The monoisotopic (exact) mass is 86.1 g/mol. The van der Waals surface area contributed by atoms with E-state index >= 15 is 0 Å². The molecule has 0 aromatic carbocycles. The number of hydrogen-bond donors (Lipinski definition) is 0. The minimum absolute atomic E-state index is 0. The summed E-state index contributed by atoms with van der Waals surface area (Å²) in [6.45, 7) is 0. The van der Waals surface area contributed by atoms with Crippen LogP contribution in [0.1, 0.15) is 12.8 Å². The molecule has 0 N–H and O–H groups in total. The van der Waals surface area contributed by atoms with E-state index in [1.54, 1.807) is 0 Å². The van der Waals surface area contributed by atoms with E-state index < -0.39 is 0 Å². The summed E-state index contributed by atoms with van der Waals surface area (Å²) in [6.07, 6.45) is 11.5. The third-order valence-electron chi connectivity index (χ3n) is 0.806. The van der Waals surface area contributed by atoms with E-state index in [2.05, 4.69) is 12.2 Å². The van der Waals surface area contributed by atoms with Gasteiger partial charge in [0.25, 0.3) is 0 Å². The summed E-state index contributed by atoms with van der Waals surface area (Å²) >= 11 is 0. The maximum absolute atomic E-state index is 3.07. The quantitative estimate of drug-likeness (QED) is 0.254. The van der Waals surface area contributed by atoms with Gasteiger partial charge in [-0.1, -0.05) is 6.42 Å². The molecular formula is C6H7Li. The van der Waals surface area contributed by atoms with Crippen LogP contribution in [0.2, 0.25) is 0 Å². The Bertz CT molecular complexity index is 70.2. The van der Waals surface area contributed by atoms with Gasteiger partial charge in [-0.05, 0) is 0 Å². The van der Waals surface area contributed by atoms with E-state index in [4.69, 9.17) is 0 Å². The van der Waals surface area contributed by atoms with E-state index in [1.165, 1.54) is 6.42 Å². The molecule has 0 saturated heterocycles. The Labute approximate surface area is 56.5 Å². The molecule has 0 fully saturated rings. The van der Waals surface area contributed by atoms with Crippen molar-refractivity contribution in [2.24, 2.45) is 0 Å². The molecular weight excluding hydrogens is 79.0 g/mol. The zero-order chi connectivity index (χ0) is 4.24. The Kier molecular flexibility index (Phi) is 4.29. The molecule has 0 saturated carbocycles. The van der Waals surface area contributed by atoms with Crippen molar-refractivity contribution >= 4 is 0 Å². The van der Waals surface area contributed by atoms with Crippen molar-refractivity contribution in [3.05, 3.63) is 24.3 Å². The van der Waals surface area contributed by atoms with Crippen LogP contribution in [0.4, 0.5) is 0 Å². The fourth-order valence-electron chi connectivity index (χ4n) is 0.482. The third kappa shape index (κ3) is 2.74. The Morgan fingerprint density at radius 2 is 2.29 bits per heavy atom. The molecule has 0 amide bonds. The van der Waals surface area contributed by atoms with Crippen molar-refractivity contribution in [2.75, 3.05) is 0 Å². The van der Waals surface area contributed by atoms with Crippen molar-refractivity contribution in [1.29, 1.82) is 0 Å². The molecule has 0 heterocycles. The molecule has 0 spiro atoms. The summed E-state index contributed by atoms with van der Waals surface area (Å²) in [6, 6.07) is 0. The second kappa shape index (κ2) is 4.24. The van der Waals surface area contributed by atoms with Gasteiger partial charge >= 0.3 is 18.9 Å². The first-order valence-corrected chi connectivity index (χ1v) is 2.22. The summed E-state index contributed by atoms with van der Waals surface area (Å²) in [4.78, 5) is 0. The smallest absolute Gasteiger partial charge is 0.275 e. The fraction of sp³-hybridized carbons (Fsp3) is 0.333. The zero-order valence-electron chi connectivity index (χ0n) is 4.65. The molecule has 7 heavy (non-hydrogen) atoms. The molecule has 0 nitrogen and oxygen atoms in total. The number of rotatable bonds is 0. The Morgan fingerprint density at radius 3 is 2.43 bits per heavy atom. The van der Waals surface area contributed by atoms with Crippen LogP contribution in [0, 0.1) is 6.08 Å². The molecule has 0 aromatic heterocycles. The molecule has 1 heteroatoms. The largest absolute Gasteiger partial charge is 1.00 e. The summed E-state index contributed by atoms with van der Waals surface area (Å²) in [5, 5.41) is 0. The predicted molar refractivity (Wildman–Crippen MR) is 26.2 cm³/mol. The number of allylic oxidation sites excluding steroid dienone is 4. The molecule has 0 aliphatic heterocycles. The first-order chi connectivity index (χ1) is 3.00. The normalized spacial score (nSPS) is 16.0. The number of hydrogen-bond acceptors (Lipinski definition) is 0. The van der Waals surface area contributed by atoms with Crippen molar-refractivity contribution in [3.63, 3.8) is 0 Å². The molecule has 0 unspecified atom stereocenters. The van der Waals surface area contributed by atoms with Crippen LogP contribution in [0.5, 0.6) is 0 Å². The van der Waals surface area contributed by atoms with Gasteiger partial charge in [0, 0.05) is 0 Å². The van der Waals surface area contributed by atoms with Crippen LogP contribution in [-0.2, 0) is 0 Å². The van der Waals surface area contributed by atoms with Crippen molar-refractivity contribution in [3.8, 4) is 0 Å². The average molecular weight is 86.1 g/mol. The Balaban J connectivity index is 0.000000360. The van der Waals surface area contributed by atoms with E-state index in [-0.39, 0.29) is 18.9 Å². The van der Waals surface area contributed by atoms with E-state index in [0.29, 0.717) is 0 Å². The molecule has 0 atom stereocenters. The SMILES string of the molecule is [C-]1=CC=CCC1.[Li+]. The first-order valence-electron chi connectivity index (χ1n) is 2.22. The summed E-state index contributed by atoms with van der Waals surface area (Å²) < 4.78 is 0. The van der Waals surface area contributed by atoms with Crippen LogP contribution in [0.3, 0.4) is 0 Å². The standard InChI is InChI=1S/C6H7.Li/c1-2-4-6-5-3-1;/h1-3H,4,6H2;/q-1;+1. The second-order valence-electron chi connectivity index (χ2n) is 1.34. The van der Waals surface area contributed by atoms with Gasteiger partial charge in [-0.25, -0.2) is 12.2 Å². The predicted octanol–water partition coefficient (Wildman–Crippen LogP) is -1.30. The molecule has 32 valence electrons. The van der Waals surface area contributed by atoms with Crippen molar-refractivity contribution < 1.29 is 18.9 Å². The van der Waals surface area contributed by atoms with Gasteiger partial charge in [-0.2, -0.15) is 6.08 Å². The van der Waals surface area contributed by atoms with Gasteiger partial charge in [0.2, 0.25) is 0 Å². The minimum atomic E-state index is 0. The summed E-state index contributed by atoms with van der Waals surface area (Å²) in [5.41, 5.74) is 0. The van der Waals surface area contributed by atoms with E-state index in [9.17, 15) is 0 Å². The van der Waals surface area contributed by atoms with Crippen LogP contribution in [0.25, 0.3) is 0 Å². The van der Waals surface area contributed by atoms with E-state index in [1.807, 2.05) is 12.2 Å². The van der Waals surface area contributed by atoms with Crippen LogP contribution in [-0.4, -0.2) is 0 Å². The average Bonchev–Trinajstić information content (AvgIpc) is 1.72. The Hall–Kier alpha value is 0.0774. The van der Waals surface area contributed by atoms with Crippen LogP contribution >= 0.6 is 0 Å². The van der Waals surface area contributed by atoms with Crippen LogP contribution in [0.15, 0.2) is 18.2 Å². The topological polar surface area (TPSA) is 0 Å². The van der Waals surface area contributed by atoms with Crippen molar-refractivity contribution in [2.45, 2.75) is 12.8 Å². The third-order valence-corrected chi connectivity index (χ3v) is 0.806. The van der Waals surface area contributed by atoms with Crippen molar-refractivity contribution in [1.82, 2.24) is 0 Å². The van der Waals surface area contributed by atoms with Gasteiger partial charge in [0.15, 0.2) is 0 Å². The summed E-state index contributed by atoms with van der Waals surface area (Å²) in [7, 11) is 0. The molecule has 1 aliphatic carbocycles. The van der Waals surface area contributed by atoms with Gasteiger partial charge < -0.3 is 0 Å². The second-order valence-corrected chi connectivity index (χ2v) is 1.34. The molecule has 0 radical (unpaired) electrons. The minimum Gasteiger partial charge on any atom is -0.275 e. The summed E-state index contributed by atoms with van der Waals surface area (Å²) in [5.74, 6) is 0. The maximum atomic E-state index is 3.07. The van der Waals surface area contributed by atoms with Gasteiger partial charge in [-0.15, -0.1) is 6.42 Å². The Morgan fingerprint density at radius 1 is 1.43 bits per heavy atom. The maximum Gasteiger partial charge on any atom is 1.00 e. The first kappa shape index (κ1) is 7.08. The molecule has 0 aromatic rings.